The van der Waals surface area contributed by atoms with E-state index in [1.165, 1.54) is 33.6 Å². The predicted molar refractivity (Wildman–Crippen MR) is 64.4 cm³/mol. The summed E-state index contributed by atoms with van der Waals surface area (Å²) in [5, 5.41) is 1.33. The molecule has 1 aromatic carbocycles. The van der Waals surface area contributed by atoms with Crippen LogP contribution >= 0.6 is 11.3 Å². The Labute approximate surface area is 93.1 Å². The van der Waals surface area contributed by atoms with Crippen LogP contribution in [0.3, 0.4) is 0 Å². The van der Waals surface area contributed by atoms with E-state index in [2.05, 4.69) is 18.2 Å². The Morgan fingerprint density at radius 3 is 3.00 bits per heavy atom. The first-order valence-corrected chi connectivity index (χ1v) is 6.28. The van der Waals surface area contributed by atoms with Gasteiger partial charge in [-0.05, 0) is 37.4 Å². The van der Waals surface area contributed by atoms with Crippen LogP contribution in [0, 0.1) is 0 Å². The highest BCUT2D eigenvalue weighted by atomic mass is 32.1. The van der Waals surface area contributed by atoms with Gasteiger partial charge in [0.1, 0.15) is 0 Å². The van der Waals surface area contributed by atoms with Crippen molar-refractivity contribution in [1.29, 1.82) is 0 Å². The number of nitrogens with two attached hydrogens (primary N) is 1. The Morgan fingerprint density at radius 1 is 1.40 bits per heavy atom. The highest BCUT2D eigenvalue weighted by Gasteiger charge is 2.27. The molecule has 78 valence electrons. The Hall–Kier alpha value is -0.930. The smallest absolute Gasteiger partial charge is 0.0969 e. The van der Waals surface area contributed by atoms with E-state index in [0.717, 1.165) is 12.3 Å². The van der Waals surface area contributed by atoms with Crippen molar-refractivity contribution in [3.05, 3.63) is 28.8 Å². The van der Waals surface area contributed by atoms with Crippen LogP contribution in [-0.2, 0) is 6.42 Å². The summed E-state index contributed by atoms with van der Waals surface area (Å²) in [6, 6.07) is 6.42. The number of thiazole rings is 1. The molecule has 0 radical (unpaired) electrons. The lowest BCUT2D eigenvalue weighted by atomic mass is 10.1. The van der Waals surface area contributed by atoms with Gasteiger partial charge in [-0.15, -0.1) is 11.3 Å². The molecule has 3 heteroatoms. The molecule has 0 spiro atoms. The molecule has 0 amide bonds. The molecule has 2 N–H and O–H groups in total. The lowest BCUT2D eigenvalue weighted by Gasteiger charge is -1.98. The second kappa shape index (κ2) is 3.58. The average molecular weight is 218 g/mol. The van der Waals surface area contributed by atoms with Gasteiger partial charge in [-0.25, -0.2) is 4.98 Å². The molecule has 0 atom stereocenters. The largest absolute Gasteiger partial charge is 0.330 e. The molecule has 0 saturated heterocycles. The van der Waals surface area contributed by atoms with Crippen molar-refractivity contribution in [1.82, 2.24) is 4.98 Å². The molecule has 0 bridgehead atoms. The van der Waals surface area contributed by atoms with Crippen LogP contribution in [0.5, 0.6) is 0 Å². The van der Waals surface area contributed by atoms with Crippen molar-refractivity contribution in [2.75, 3.05) is 6.54 Å². The molecule has 15 heavy (non-hydrogen) atoms. The van der Waals surface area contributed by atoms with Crippen molar-refractivity contribution in [3.63, 3.8) is 0 Å². The zero-order valence-electron chi connectivity index (χ0n) is 8.57. The van der Waals surface area contributed by atoms with Gasteiger partial charge in [0.15, 0.2) is 0 Å². The normalized spacial score (nSPS) is 16.1. The molecule has 0 aliphatic heterocycles. The lowest BCUT2D eigenvalue weighted by Crippen LogP contribution is -2.02. The van der Waals surface area contributed by atoms with E-state index >= 15 is 0 Å². The van der Waals surface area contributed by atoms with E-state index in [4.69, 9.17) is 10.7 Å². The SMILES string of the molecule is NCCc1cccc2sc(C3CC3)nc12. The number of para-hydroxylation sites is 1. The molecular weight excluding hydrogens is 204 g/mol. The third kappa shape index (κ3) is 1.66. The van der Waals surface area contributed by atoms with Gasteiger partial charge >= 0.3 is 0 Å². The first-order valence-electron chi connectivity index (χ1n) is 5.47. The minimum atomic E-state index is 0.704. The number of aromatic nitrogens is 1. The van der Waals surface area contributed by atoms with Crippen molar-refractivity contribution >= 4 is 21.6 Å². The summed E-state index contributed by atoms with van der Waals surface area (Å²) in [6.45, 7) is 0.704. The highest BCUT2D eigenvalue weighted by molar-refractivity contribution is 7.18. The average Bonchev–Trinajstić information content (AvgIpc) is 2.99. The first-order chi connectivity index (χ1) is 7.38. The van der Waals surface area contributed by atoms with E-state index in [-0.39, 0.29) is 0 Å². The molecule has 1 aromatic heterocycles. The van der Waals surface area contributed by atoms with Crippen LogP contribution in [0.1, 0.15) is 29.3 Å². The summed E-state index contributed by atoms with van der Waals surface area (Å²) in [5.74, 6) is 0.758. The standard InChI is InChI=1S/C12H14N2S/c13-7-6-8-2-1-3-10-11(8)14-12(15-10)9-4-5-9/h1-3,9H,4-7,13H2. The van der Waals surface area contributed by atoms with Gasteiger partial charge in [0.25, 0.3) is 0 Å². The number of hydrogen-bond donors (Lipinski definition) is 1. The summed E-state index contributed by atoms with van der Waals surface area (Å²) < 4.78 is 1.32. The maximum atomic E-state index is 5.61. The molecule has 1 saturated carbocycles. The predicted octanol–water partition coefficient (Wildman–Crippen LogP) is 2.67. The fourth-order valence-corrected chi connectivity index (χ4v) is 3.07. The Balaban J connectivity index is 2.11. The van der Waals surface area contributed by atoms with E-state index in [1.807, 2.05) is 11.3 Å². The number of fused-ring (bicyclic) bond motifs is 1. The monoisotopic (exact) mass is 218 g/mol. The van der Waals surface area contributed by atoms with Gasteiger partial charge in [0, 0.05) is 5.92 Å². The zero-order chi connectivity index (χ0) is 10.3. The maximum Gasteiger partial charge on any atom is 0.0969 e. The molecule has 0 unspecified atom stereocenters. The van der Waals surface area contributed by atoms with Crippen LogP contribution in [0.25, 0.3) is 10.2 Å². The van der Waals surface area contributed by atoms with Crippen LogP contribution in [0.15, 0.2) is 18.2 Å². The van der Waals surface area contributed by atoms with E-state index in [9.17, 15) is 0 Å². The van der Waals surface area contributed by atoms with Crippen molar-refractivity contribution in [3.8, 4) is 0 Å². The highest BCUT2D eigenvalue weighted by Crippen LogP contribution is 2.43. The van der Waals surface area contributed by atoms with Crippen molar-refractivity contribution < 1.29 is 0 Å². The fourth-order valence-electron chi connectivity index (χ4n) is 1.88. The number of nitrogens with zero attached hydrogens (tertiary/aromatic N) is 1. The van der Waals surface area contributed by atoms with Gasteiger partial charge in [-0.1, -0.05) is 12.1 Å². The molecule has 1 heterocycles. The van der Waals surface area contributed by atoms with Gasteiger partial charge in [0.05, 0.1) is 15.2 Å². The summed E-state index contributed by atoms with van der Waals surface area (Å²) >= 11 is 1.86. The molecule has 1 aliphatic rings. The summed E-state index contributed by atoms with van der Waals surface area (Å²) in [5.41, 5.74) is 8.10. The molecule has 2 aromatic rings. The molecular formula is C12H14N2S. The Bertz CT molecular complexity index is 485. The first kappa shape index (κ1) is 9.31. The number of hydrogen-bond acceptors (Lipinski definition) is 3. The maximum absolute atomic E-state index is 5.61. The van der Waals surface area contributed by atoms with Crippen LogP contribution in [0.4, 0.5) is 0 Å². The summed E-state index contributed by atoms with van der Waals surface area (Å²) in [4.78, 5) is 4.76. The Morgan fingerprint density at radius 2 is 2.27 bits per heavy atom. The summed E-state index contributed by atoms with van der Waals surface area (Å²) in [6.07, 6.45) is 3.59. The summed E-state index contributed by atoms with van der Waals surface area (Å²) in [7, 11) is 0. The van der Waals surface area contributed by atoms with E-state index in [1.54, 1.807) is 0 Å². The minimum Gasteiger partial charge on any atom is -0.330 e. The van der Waals surface area contributed by atoms with Crippen LogP contribution < -0.4 is 5.73 Å². The van der Waals surface area contributed by atoms with Crippen LogP contribution in [-0.4, -0.2) is 11.5 Å². The van der Waals surface area contributed by atoms with Crippen LogP contribution in [0.2, 0.25) is 0 Å². The Kier molecular flexibility index (Phi) is 2.22. The van der Waals surface area contributed by atoms with Crippen molar-refractivity contribution in [2.45, 2.75) is 25.2 Å². The third-order valence-electron chi connectivity index (χ3n) is 2.86. The van der Waals surface area contributed by atoms with Gasteiger partial charge < -0.3 is 5.73 Å². The van der Waals surface area contributed by atoms with Gasteiger partial charge in [-0.3, -0.25) is 0 Å². The third-order valence-corrected chi connectivity index (χ3v) is 4.04. The molecule has 1 fully saturated rings. The topological polar surface area (TPSA) is 38.9 Å². The second-order valence-electron chi connectivity index (χ2n) is 4.13. The zero-order valence-corrected chi connectivity index (χ0v) is 9.39. The molecule has 2 nitrogen and oxygen atoms in total. The minimum absolute atomic E-state index is 0.704. The quantitative estimate of drug-likeness (QED) is 0.860. The lowest BCUT2D eigenvalue weighted by molar-refractivity contribution is 0.972. The van der Waals surface area contributed by atoms with Crippen molar-refractivity contribution in [2.24, 2.45) is 5.73 Å². The molecule has 3 rings (SSSR count). The number of benzene rings is 1. The van der Waals surface area contributed by atoms with Gasteiger partial charge in [-0.2, -0.15) is 0 Å². The number of rotatable bonds is 3. The fraction of sp³-hybridized carbons (Fsp3) is 0.417. The van der Waals surface area contributed by atoms with E-state index in [0.29, 0.717) is 6.54 Å². The molecule has 1 aliphatic carbocycles. The van der Waals surface area contributed by atoms with E-state index < -0.39 is 0 Å². The van der Waals surface area contributed by atoms with Gasteiger partial charge in [0.2, 0.25) is 0 Å². The second-order valence-corrected chi connectivity index (χ2v) is 5.19.